The summed E-state index contributed by atoms with van der Waals surface area (Å²) >= 11 is 0. The number of hydrogen-bond acceptors (Lipinski definition) is 5. The van der Waals surface area contributed by atoms with Crippen LogP contribution in [-0.2, 0) is 6.42 Å². The molecule has 7 nitrogen and oxygen atoms in total. The number of fused-ring (bicyclic) bond motifs is 1. The van der Waals surface area contributed by atoms with Crippen LogP contribution in [-0.4, -0.2) is 40.2 Å². The van der Waals surface area contributed by atoms with Gasteiger partial charge in [-0.25, -0.2) is 9.97 Å². The molecule has 0 saturated heterocycles. The van der Waals surface area contributed by atoms with Gasteiger partial charge in [0.05, 0.1) is 18.9 Å². The van der Waals surface area contributed by atoms with Crippen LogP contribution in [0.3, 0.4) is 0 Å². The summed E-state index contributed by atoms with van der Waals surface area (Å²) in [5.74, 6) is 2.19. The van der Waals surface area contributed by atoms with Crippen molar-refractivity contribution in [1.29, 1.82) is 0 Å². The number of carbonyl (C=O) groups excluding carboxylic acids is 1. The second-order valence-corrected chi connectivity index (χ2v) is 7.94. The van der Waals surface area contributed by atoms with E-state index in [1.807, 2.05) is 80.8 Å². The average Bonchev–Trinajstić information content (AvgIpc) is 3.16. The van der Waals surface area contributed by atoms with Gasteiger partial charge in [0, 0.05) is 18.3 Å². The molecular formula is C27H30N4O3. The summed E-state index contributed by atoms with van der Waals surface area (Å²) in [7, 11) is 0. The van der Waals surface area contributed by atoms with Gasteiger partial charge in [-0.05, 0) is 81.6 Å². The Balaban J connectivity index is 1.49. The lowest BCUT2D eigenvalue weighted by molar-refractivity contribution is 0.0953. The van der Waals surface area contributed by atoms with E-state index < -0.39 is 0 Å². The normalized spacial score (nSPS) is 10.9. The molecule has 176 valence electrons. The fourth-order valence-electron chi connectivity index (χ4n) is 4.09. The Bertz CT molecular complexity index is 1310. The number of aromatic nitrogens is 3. The van der Waals surface area contributed by atoms with Gasteiger partial charge >= 0.3 is 0 Å². The average molecular weight is 459 g/mol. The number of ether oxygens (including phenoxy) is 2. The van der Waals surface area contributed by atoms with Crippen molar-refractivity contribution < 1.29 is 14.3 Å². The van der Waals surface area contributed by atoms with Crippen molar-refractivity contribution in [2.24, 2.45) is 0 Å². The Morgan fingerprint density at radius 3 is 2.59 bits per heavy atom. The Labute approximate surface area is 199 Å². The summed E-state index contributed by atoms with van der Waals surface area (Å²) in [6.45, 7) is 9.46. The van der Waals surface area contributed by atoms with Crippen molar-refractivity contribution in [1.82, 2.24) is 19.9 Å². The van der Waals surface area contributed by atoms with Crippen LogP contribution >= 0.6 is 0 Å². The molecule has 7 heteroatoms. The third-order valence-corrected chi connectivity index (χ3v) is 5.68. The van der Waals surface area contributed by atoms with E-state index in [0.717, 1.165) is 45.3 Å². The Kier molecular flexibility index (Phi) is 7.11. The number of rotatable bonds is 9. The number of nitrogens with one attached hydrogen (secondary N) is 1. The summed E-state index contributed by atoms with van der Waals surface area (Å²) in [6, 6.07) is 15.5. The molecule has 34 heavy (non-hydrogen) atoms. The van der Waals surface area contributed by atoms with Crippen molar-refractivity contribution in [2.75, 3.05) is 19.8 Å². The molecule has 0 unspecified atom stereocenters. The molecule has 4 aromatic rings. The molecule has 2 aromatic heterocycles. The van der Waals surface area contributed by atoms with Gasteiger partial charge in [-0.15, -0.1) is 0 Å². The van der Waals surface area contributed by atoms with Crippen LogP contribution in [0, 0.1) is 13.8 Å². The van der Waals surface area contributed by atoms with Gasteiger partial charge in [-0.2, -0.15) is 0 Å². The lowest BCUT2D eigenvalue weighted by atomic mass is 10.1. The number of nitrogens with zero attached hydrogens (tertiary/aromatic N) is 3. The standard InChI is InChI=1S/C27H30N4O3/c1-5-33-24-13-12-20(17-25(24)34-6-2)14-16-29-27(32)21-9-7-11-23(18(21)3)31-19(4)30-22-10-8-15-28-26(22)31/h7-13,15,17H,5-6,14,16H2,1-4H3,(H,29,32). The van der Waals surface area contributed by atoms with Gasteiger partial charge in [-0.1, -0.05) is 12.1 Å². The lowest BCUT2D eigenvalue weighted by Gasteiger charge is -2.14. The molecule has 0 spiro atoms. The van der Waals surface area contributed by atoms with E-state index in [9.17, 15) is 4.79 Å². The molecule has 0 aliphatic rings. The van der Waals surface area contributed by atoms with Crippen LogP contribution in [0.1, 0.15) is 41.2 Å². The first kappa shape index (κ1) is 23.3. The number of benzene rings is 2. The summed E-state index contributed by atoms with van der Waals surface area (Å²) < 4.78 is 13.3. The van der Waals surface area contributed by atoms with Gasteiger partial charge in [0.2, 0.25) is 0 Å². The largest absolute Gasteiger partial charge is 0.490 e. The highest BCUT2D eigenvalue weighted by Crippen LogP contribution is 2.29. The summed E-state index contributed by atoms with van der Waals surface area (Å²) in [6.07, 6.45) is 2.44. The number of imidazole rings is 1. The van der Waals surface area contributed by atoms with Crippen LogP contribution in [0.25, 0.3) is 16.9 Å². The molecule has 0 saturated carbocycles. The van der Waals surface area contributed by atoms with Crippen LogP contribution in [0.15, 0.2) is 54.7 Å². The maximum atomic E-state index is 13.0. The van der Waals surface area contributed by atoms with E-state index in [4.69, 9.17) is 9.47 Å². The van der Waals surface area contributed by atoms with Crippen LogP contribution in [0.5, 0.6) is 11.5 Å². The zero-order chi connectivity index (χ0) is 24.1. The predicted molar refractivity (Wildman–Crippen MR) is 133 cm³/mol. The Hall–Kier alpha value is -3.87. The van der Waals surface area contributed by atoms with Crippen molar-refractivity contribution in [3.05, 3.63) is 77.2 Å². The molecule has 0 aliphatic heterocycles. The highest BCUT2D eigenvalue weighted by Gasteiger charge is 2.16. The van der Waals surface area contributed by atoms with Crippen molar-refractivity contribution in [3.8, 4) is 17.2 Å². The molecular weight excluding hydrogens is 428 g/mol. The topological polar surface area (TPSA) is 78.3 Å². The van der Waals surface area contributed by atoms with E-state index in [2.05, 4.69) is 15.3 Å². The molecule has 1 N–H and O–H groups in total. The minimum Gasteiger partial charge on any atom is -0.490 e. The van der Waals surface area contributed by atoms with Gasteiger partial charge in [0.25, 0.3) is 5.91 Å². The quantitative estimate of drug-likeness (QED) is 0.390. The van der Waals surface area contributed by atoms with Gasteiger partial charge in [0.1, 0.15) is 11.3 Å². The smallest absolute Gasteiger partial charge is 0.251 e. The van der Waals surface area contributed by atoms with Crippen LogP contribution < -0.4 is 14.8 Å². The second-order valence-electron chi connectivity index (χ2n) is 7.94. The molecule has 4 rings (SSSR count). The van der Waals surface area contributed by atoms with E-state index in [0.29, 0.717) is 31.7 Å². The summed E-state index contributed by atoms with van der Waals surface area (Å²) in [5, 5.41) is 3.05. The summed E-state index contributed by atoms with van der Waals surface area (Å²) in [5.41, 5.74) is 5.10. The van der Waals surface area contributed by atoms with Crippen molar-refractivity contribution in [2.45, 2.75) is 34.1 Å². The highest BCUT2D eigenvalue weighted by molar-refractivity contribution is 5.96. The molecule has 0 bridgehead atoms. The first-order valence-corrected chi connectivity index (χ1v) is 11.6. The summed E-state index contributed by atoms with van der Waals surface area (Å²) in [4.78, 5) is 22.1. The third kappa shape index (κ3) is 4.73. The van der Waals surface area contributed by atoms with E-state index in [-0.39, 0.29) is 5.91 Å². The highest BCUT2D eigenvalue weighted by atomic mass is 16.5. The van der Waals surface area contributed by atoms with E-state index >= 15 is 0 Å². The molecule has 0 fully saturated rings. The second kappa shape index (κ2) is 10.4. The van der Waals surface area contributed by atoms with Gasteiger partial charge in [0.15, 0.2) is 17.1 Å². The monoisotopic (exact) mass is 458 g/mol. The number of amides is 1. The zero-order valence-electron chi connectivity index (χ0n) is 20.1. The van der Waals surface area contributed by atoms with E-state index in [1.165, 1.54) is 0 Å². The van der Waals surface area contributed by atoms with Gasteiger partial charge in [-0.3, -0.25) is 9.36 Å². The minimum atomic E-state index is -0.106. The fraction of sp³-hybridized carbons (Fsp3) is 0.296. The number of carbonyl (C=O) groups is 1. The maximum absolute atomic E-state index is 13.0. The number of pyridine rings is 1. The first-order chi connectivity index (χ1) is 16.5. The van der Waals surface area contributed by atoms with Crippen molar-refractivity contribution >= 4 is 17.1 Å². The molecule has 0 aliphatic carbocycles. The molecule has 2 heterocycles. The number of aryl methyl sites for hydroxylation is 1. The molecule has 0 radical (unpaired) electrons. The lowest BCUT2D eigenvalue weighted by Crippen LogP contribution is -2.26. The van der Waals surface area contributed by atoms with Gasteiger partial charge < -0.3 is 14.8 Å². The van der Waals surface area contributed by atoms with Crippen LogP contribution in [0.4, 0.5) is 0 Å². The van der Waals surface area contributed by atoms with E-state index in [1.54, 1.807) is 6.20 Å². The SMILES string of the molecule is CCOc1ccc(CCNC(=O)c2cccc(-n3c(C)nc4cccnc43)c2C)cc1OCC. The number of hydrogen-bond donors (Lipinski definition) is 1. The van der Waals surface area contributed by atoms with Crippen LogP contribution in [0.2, 0.25) is 0 Å². The Morgan fingerprint density at radius 2 is 1.79 bits per heavy atom. The molecule has 0 atom stereocenters. The molecule has 2 aromatic carbocycles. The zero-order valence-corrected chi connectivity index (χ0v) is 20.1. The molecule has 1 amide bonds. The minimum absolute atomic E-state index is 0.106. The predicted octanol–water partition coefficient (Wildman–Crippen LogP) is 4.81. The third-order valence-electron chi connectivity index (χ3n) is 5.68. The maximum Gasteiger partial charge on any atom is 0.251 e. The van der Waals surface area contributed by atoms with Crippen molar-refractivity contribution in [3.63, 3.8) is 0 Å². The Morgan fingerprint density at radius 1 is 1.00 bits per heavy atom. The first-order valence-electron chi connectivity index (χ1n) is 11.6. The fourth-order valence-corrected chi connectivity index (χ4v) is 4.09.